The number of carbonyl (C=O) groups is 1. The van der Waals surface area contributed by atoms with Gasteiger partial charge in [0.05, 0.1) is 17.4 Å². The van der Waals surface area contributed by atoms with E-state index in [2.05, 4.69) is 19.2 Å². The van der Waals surface area contributed by atoms with E-state index in [0.717, 1.165) is 18.8 Å². The number of nitrogens with one attached hydrogen (secondary N) is 1. The highest BCUT2D eigenvalue weighted by atomic mass is 32.2. The van der Waals surface area contributed by atoms with Gasteiger partial charge in [0.2, 0.25) is 5.91 Å². The molecule has 1 fully saturated rings. The largest absolute Gasteiger partial charge is 0.356 e. The van der Waals surface area contributed by atoms with Crippen LogP contribution in [0.4, 0.5) is 0 Å². The molecule has 0 spiro atoms. The van der Waals surface area contributed by atoms with E-state index in [4.69, 9.17) is 0 Å². The van der Waals surface area contributed by atoms with Crippen molar-refractivity contribution in [2.24, 2.45) is 11.8 Å². The van der Waals surface area contributed by atoms with Crippen molar-refractivity contribution < 1.29 is 13.2 Å². The molecule has 1 atom stereocenters. The Morgan fingerprint density at radius 3 is 2.47 bits per heavy atom. The normalized spacial score (nSPS) is 21.7. The molecule has 4 nitrogen and oxygen atoms in total. The first-order chi connectivity index (χ1) is 8.91. The van der Waals surface area contributed by atoms with Gasteiger partial charge in [0, 0.05) is 6.54 Å². The number of hydrogen-bond donors (Lipinski definition) is 1. The molecule has 0 saturated carbocycles. The summed E-state index contributed by atoms with van der Waals surface area (Å²) in [5.74, 6) is 0.575. The molecule has 0 aromatic carbocycles. The van der Waals surface area contributed by atoms with Gasteiger partial charge in [0.15, 0.2) is 9.84 Å². The molecule has 1 amide bonds. The third-order valence-electron chi connectivity index (χ3n) is 3.61. The Morgan fingerprint density at radius 1 is 1.21 bits per heavy atom. The molecule has 0 radical (unpaired) electrons. The summed E-state index contributed by atoms with van der Waals surface area (Å²) in [6, 6.07) is 0. The molecule has 1 N–H and O–H groups in total. The van der Waals surface area contributed by atoms with Crippen LogP contribution >= 0.6 is 0 Å². The zero-order valence-electron chi connectivity index (χ0n) is 12.2. The number of amides is 1. The van der Waals surface area contributed by atoms with Crippen molar-refractivity contribution in [2.75, 3.05) is 18.1 Å². The van der Waals surface area contributed by atoms with Crippen LogP contribution in [0.1, 0.15) is 52.4 Å². The highest BCUT2D eigenvalue weighted by Gasteiger charge is 2.32. The number of rotatable bonds is 8. The van der Waals surface area contributed by atoms with Crippen LogP contribution in [0.5, 0.6) is 0 Å². The molecule has 5 heteroatoms. The fourth-order valence-corrected chi connectivity index (χ4v) is 4.13. The quantitative estimate of drug-likeness (QED) is 0.696. The molecule has 1 aliphatic rings. The SMILES string of the molecule is CC(C)CCCCCCNC(=O)C1CCS(=O)(=O)C1. The van der Waals surface area contributed by atoms with Crippen molar-refractivity contribution in [2.45, 2.75) is 52.4 Å². The second kappa shape index (κ2) is 7.88. The summed E-state index contributed by atoms with van der Waals surface area (Å²) in [6.45, 7) is 5.14. The van der Waals surface area contributed by atoms with Gasteiger partial charge in [0.25, 0.3) is 0 Å². The average Bonchev–Trinajstić information content (AvgIpc) is 2.68. The summed E-state index contributed by atoms with van der Waals surface area (Å²) >= 11 is 0. The lowest BCUT2D eigenvalue weighted by atomic mass is 10.0. The Labute approximate surface area is 117 Å². The average molecular weight is 289 g/mol. The molecule has 0 aromatic rings. The molecule has 1 rings (SSSR count). The van der Waals surface area contributed by atoms with Gasteiger partial charge < -0.3 is 5.32 Å². The van der Waals surface area contributed by atoms with E-state index in [-0.39, 0.29) is 23.3 Å². The summed E-state index contributed by atoms with van der Waals surface area (Å²) in [5, 5.41) is 2.86. The van der Waals surface area contributed by atoms with E-state index in [9.17, 15) is 13.2 Å². The summed E-state index contributed by atoms with van der Waals surface area (Å²) < 4.78 is 22.5. The van der Waals surface area contributed by atoms with E-state index in [1.165, 1.54) is 19.3 Å². The van der Waals surface area contributed by atoms with Crippen molar-refractivity contribution in [3.8, 4) is 0 Å². The van der Waals surface area contributed by atoms with Crippen LogP contribution in [0.2, 0.25) is 0 Å². The first kappa shape index (κ1) is 16.5. The predicted octanol–water partition coefficient (Wildman–Crippen LogP) is 2.14. The molecule has 1 heterocycles. The predicted molar refractivity (Wildman–Crippen MR) is 77.7 cm³/mol. The molecule has 112 valence electrons. The van der Waals surface area contributed by atoms with Gasteiger partial charge in [-0.3, -0.25) is 4.79 Å². The highest BCUT2D eigenvalue weighted by molar-refractivity contribution is 7.91. The van der Waals surface area contributed by atoms with Crippen molar-refractivity contribution in [3.05, 3.63) is 0 Å². The zero-order chi connectivity index (χ0) is 14.3. The number of unbranched alkanes of at least 4 members (excludes halogenated alkanes) is 3. The highest BCUT2D eigenvalue weighted by Crippen LogP contribution is 2.18. The summed E-state index contributed by atoms with van der Waals surface area (Å²) in [4.78, 5) is 11.7. The first-order valence-electron chi connectivity index (χ1n) is 7.39. The van der Waals surface area contributed by atoms with Crippen LogP contribution in [0.15, 0.2) is 0 Å². The third kappa shape index (κ3) is 6.95. The first-order valence-corrected chi connectivity index (χ1v) is 9.21. The summed E-state index contributed by atoms with van der Waals surface area (Å²) in [5.41, 5.74) is 0. The zero-order valence-corrected chi connectivity index (χ0v) is 13.0. The number of sulfone groups is 1. The van der Waals surface area contributed by atoms with E-state index in [1.54, 1.807) is 0 Å². The topological polar surface area (TPSA) is 63.2 Å². The molecule has 1 saturated heterocycles. The number of carbonyl (C=O) groups excluding carboxylic acids is 1. The van der Waals surface area contributed by atoms with Gasteiger partial charge in [-0.1, -0.05) is 39.5 Å². The lowest BCUT2D eigenvalue weighted by Crippen LogP contribution is -2.32. The van der Waals surface area contributed by atoms with E-state index >= 15 is 0 Å². The number of hydrogen-bond acceptors (Lipinski definition) is 3. The minimum Gasteiger partial charge on any atom is -0.356 e. The smallest absolute Gasteiger partial charge is 0.224 e. The van der Waals surface area contributed by atoms with Crippen LogP contribution < -0.4 is 5.32 Å². The molecule has 0 bridgehead atoms. The molecule has 1 unspecified atom stereocenters. The molecule has 0 aliphatic carbocycles. The molecule has 0 aromatic heterocycles. The standard InChI is InChI=1S/C14H27NO3S/c1-12(2)7-5-3-4-6-9-15-14(16)13-8-10-19(17,18)11-13/h12-13H,3-11H2,1-2H3,(H,15,16). The summed E-state index contributed by atoms with van der Waals surface area (Å²) in [7, 11) is -2.95. The second-order valence-electron chi connectivity index (χ2n) is 5.99. The van der Waals surface area contributed by atoms with Gasteiger partial charge in [-0.15, -0.1) is 0 Å². The fourth-order valence-electron chi connectivity index (χ4n) is 2.39. The van der Waals surface area contributed by atoms with Crippen molar-refractivity contribution in [3.63, 3.8) is 0 Å². The molecular weight excluding hydrogens is 262 g/mol. The Morgan fingerprint density at radius 2 is 1.89 bits per heavy atom. The Balaban J connectivity index is 2.02. The van der Waals surface area contributed by atoms with E-state index < -0.39 is 9.84 Å². The lowest BCUT2D eigenvalue weighted by Gasteiger charge is -2.09. The molecule has 1 aliphatic heterocycles. The lowest BCUT2D eigenvalue weighted by molar-refractivity contribution is -0.124. The monoisotopic (exact) mass is 289 g/mol. The third-order valence-corrected chi connectivity index (χ3v) is 5.38. The maximum Gasteiger partial charge on any atom is 0.224 e. The van der Waals surface area contributed by atoms with Crippen molar-refractivity contribution in [1.29, 1.82) is 0 Å². The molecular formula is C14H27NO3S. The van der Waals surface area contributed by atoms with Gasteiger partial charge in [-0.2, -0.15) is 0 Å². The van der Waals surface area contributed by atoms with Crippen molar-refractivity contribution >= 4 is 15.7 Å². The minimum absolute atomic E-state index is 0.0349. The maximum absolute atomic E-state index is 11.7. The van der Waals surface area contributed by atoms with Gasteiger partial charge in [-0.25, -0.2) is 8.42 Å². The van der Waals surface area contributed by atoms with Crippen LogP contribution in [0.25, 0.3) is 0 Å². The van der Waals surface area contributed by atoms with E-state index in [1.807, 2.05) is 0 Å². The Kier molecular flexibility index (Phi) is 6.83. The Hall–Kier alpha value is -0.580. The van der Waals surface area contributed by atoms with Crippen LogP contribution in [-0.2, 0) is 14.6 Å². The van der Waals surface area contributed by atoms with Gasteiger partial charge in [0.1, 0.15) is 0 Å². The summed E-state index contributed by atoms with van der Waals surface area (Å²) in [6.07, 6.45) is 6.35. The second-order valence-corrected chi connectivity index (χ2v) is 8.22. The van der Waals surface area contributed by atoms with Crippen LogP contribution in [0, 0.1) is 11.8 Å². The van der Waals surface area contributed by atoms with Crippen molar-refractivity contribution in [1.82, 2.24) is 5.32 Å². The Bertz CT molecular complexity index is 376. The van der Waals surface area contributed by atoms with Gasteiger partial charge >= 0.3 is 0 Å². The van der Waals surface area contributed by atoms with E-state index in [0.29, 0.717) is 13.0 Å². The van der Waals surface area contributed by atoms with Crippen LogP contribution in [0.3, 0.4) is 0 Å². The minimum atomic E-state index is -2.95. The van der Waals surface area contributed by atoms with Gasteiger partial charge in [-0.05, 0) is 18.8 Å². The molecule has 19 heavy (non-hydrogen) atoms. The fraction of sp³-hybridized carbons (Fsp3) is 0.929. The maximum atomic E-state index is 11.7. The van der Waals surface area contributed by atoms with Crippen LogP contribution in [-0.4, -0.2) is 32.4 Å².